The van der Waals surface area contributed by atoms with Gasteiger partial charge in [0, 0.05) is 0 Å². The fourth-order valence-electron chi connectivity index (χ4n) is 2.09. The number of nitrogens with zero attached hydrogens (tertiary/aromatic N) is 2. The van der Waals surface area contributed by atoms with Gasteiger partial charge < -0.3 is 0 Å². The van der Waals surface area contributed by atoms with Gasteiger partial charge in [0.05, 0.1) is 11.5 Å². The fourth-order valence-corrected chi connectivity index (χ4v) is 3.93. The number of amides is 1. The highest BCUT2D eigenvalue weighted by molar-refractivity contribution is 8.15. The van der Waals surface area contributed by atoms with Crippen LogP contribution in [0.15, 0.2) is 30.3 Å². The fraction of sp³-hybridized carbons (Fsp3) is 0.250. The molecule has 0 aliphatic carbocycles. The topological polar surface area (TPSA) is 64.5 Å². The van der Waals surface area contributed by atoms with Gasteiger partial charge in [-0.15, -0.1) is 4.41 Å². The normalized spacial score (nSPS) is 24.5. The van der Waals surface area contributed by atoms with E-state index < -0.39 is 6.04 Å². The Morgan fingerprint density at radius 1 is 1.16 bits per heavy atom. The number of carbonyl (C=O) groups excluding carboxylic acids is 2. The molecule has 1 atom stereocenters. The van der Waals surface area contributed by atoms with Gasteiger partial charge in [0.25, 0.3) is 5.91 Å². The van der Waals surface area contributed by atoms with Gasteiger partial charge in [0.2, 0.25) is 0 Å². The summed E-state index contributed by atoms with van der Waals surface area (Å²) >= 11 is 2.49. The van der Waals surface area contributed by atoms with Crippen LogP contribution in [0.25, 0.3) is 0 Å². The highest BCUT2D eigenvalue weighted by atomic mass is 32.2. The number of Topliss-reactive ketones (excluding diaryl/α,β-unsaturated/α-hetero) is 1. The Kier molecular flexibility index (Phi) is 3.34. The van der Waals surface area contributed by atoms with Gasteiger partial charge in [-0.25, -0.2) is 5.01 Å². The molecule has 0 spiro atoms. The third-order valence-corrected chi connectivity index (χ3v) is 4.83. The summed E-state index contributed by atoms with van der Waals surface area (Å²) in [5.41, 5.74) is 0.856. The number of thioether (sulfide) groups is 1. The molecule has 2 heterocycles. The smallest absolute Gasteiger partial charge is 0.254 e. The summed E-state index contributed by atoms with van der Waals surface area (Å²) in [4.78, 5) is 23.9. The van der Waals surface area contributed by atoms with Gasteiger partial charge in [-0.1, -0.05) is 42.1 Å². The van der Waals surface area contributed by atoms with Crippen LogP contribution < -0.4 is 0 Å². The maximum Gasteiger partial charge on any atom is 0.254 e. The van der Waals surface area contributed by atoms with Crippen LogP contribution in [0.2, 0.25) is 0 Å². The first kappa shape index (κ1) is 12.7. The predicted molar refractivity (Wildman–Crippen MR) is 75.5 cm³/mol. The van der Waals surface area contributed by atoms with Gasteiger partial charge in [0.1, 0.15) is 6.04 Å². The van der Waals surface area contributed by atoms with E-state index in [4.69, 9.17) is 5.41 Å². The van der Waals surface area contributed by atoms with Crippen molar-refractivity contribution < 1.29 is 9.59 Å². The second-order valence-electron chi connectivity index (χ2n) is 4.15. The van der Waals surface area contributed by atoms with Crippen LogP contribution in [0.5, 0.6) is 0 Å². The molecule has 1 unspecified atom stereocenters. The molecule has 98 valence electrons. The third kappa shape index (κ3) is 2.18. The molecule has 19 heavy (non-hydrogen) atoms. The largest absolute Gasteiger partial charge is 0.296 e. The van der Waals surface area contributed by atoms with Gasteiger partial charge in [-0.2, -0.15) is 0 Å². The molecule has 0 aromatic heterocycles. The number of rotatable bonds is 2. The van der Waals surface area contributed by atoms with E-state index in [1.165, 1.54) is 28.7 Å². The first-order chi connectivity index (χ1) is 9.18. The quantitative estimate of drug-likeness (QED) is 0.841. The number of nitrogens with one attached hydrogen (secondary N) is 1. The van der Waals surface area contributed by atoms with Crippen molar-refractivity contribution in [2.45, 2.75) is 6.04 Å². The first-order valence-electron chi connectivity index (χ1n) is 5.72. The number of hydrogen-bond donors (Lipinski definition) is 1. The monoisotopic (exact) mass is 293 g/mol. The lowest BCUT2D eigenvalue weighted by molar-refractivity contribution is -0.133. The van der Waals surface area contributed by atoms with Gasteiger partial charge >= 0.3 is 0 Å². The zero-order valence-electron chi connectivity index (χ0n) is 9.91. The Morgan fingerprint density at radius 3 is 2.53 bits per heavy atom. The van der Waals surface area contributed by atoms with E-state index in [0.29, 0.717) is 5.75 Å². The van der Waals surface area contributed by atoms with Crippen molar-refractivity contribution in [3.63, 3.8) is 0 Å². The summed E-state index contributed by atoms with van der Waals surface area (Å²) in [6.07, 6.45) is 0. The van der Waals surface area contributed by atoms with Crippen LogP contribution in [-0.2, 0) is 9.59 Å². The number of ketones is 1. The van der Waals surface area contributed by atoms with Crippen molar-refractivity contribution in [3.05, 3.63) is 35.9 Å². The summed E-state index contributed by atoms with van der Waals surface area (Å²) in [5, 5.41) is 9.33. The molecule has 3 rings (SSSR count). The minimum absolute atomic E-state index is 0.0636. The zero-order chi connectivity index (χ0) is 13.4. The summed E-state index contributed by atoms with van der Waals surface area (Å²) in [6, 6.07) is 8.90. The molecule has 0 saturated carbocycles. The van der Waals surface area contributed by atoms with E-state index in [1.54, 1.807) is 4.41 Å². The van der Waals surface area contributed by atoms with Crippen LogP contribution in [-0.4, -0.2) is 37.8 Å². The standard InChI is InChI=1S/C12H11N3O2S2/c13-12-14(10(17)7-18-12)15-11(9(16)6-19-15)8-4-2-1-3-5-8/h1-5,11,13H,6-7H2. The third-order valence-electron chi connectivity index (χ3n) is 2.94. The molecule has 1 aromatic carbocycles. The van der Waals surface area contributed by atoms with Crippen molar-refractivity contribution in [1.29, 1.82) is 5.41 Å². The van der Waals surface area contributed by atoms with Crippen LogP contribution in [0.4, 0.5) is 0 Å². The molecule has 0 radical (unpaired) electrons. The average Bonchev–Trinajstić information content (AvgIpc) is 2.94. The summed E-state index contributed by atoms with van der Waals surface area (Å²) in [7, 11) is 0. The van der Waals surface area contributed by atoms with Crippen molar-refractivity contribution in [2.24, 2.45) is 0 Å². The maximum atomic E-state index is 12.1. The highest BCUT2D eigenvalue weighted by Crippen LogP contribution is 2.39. The van der Waals surface area contributed by atoms with Crippen molar-refractivity contribution in [2.75, 3.05) is 11.5 Å². The lowest BCUT2D eigenvalue weighted by Crippen LogP contribution is -2.42. The number of hydrazine groups is 1. The highest BCUT2D eigenvalue weighted by Gasteiger charge is 2.44. The molecule has 1 amide bonds. The second-order valence-corrected chi connectivity index (χ2v) is 6.04. The molecule has 0 bridgehead atoms. The molecule has 7 heteroatoms. The lowest BCUT2D eigenvalue weighted by atomic mass is 10.0. The van der Waals surface area contributed by atoms with Crippen LogP contribution in [0, 0.1) is 5.41 Å². The number of benzene rings is 1. The van der Waals surface area contributed by atoms with E-state index in [9.17, 15) is 9.59 Å². The molecular weight excluding hydrogens is 282 g/mol. The Labute approximate surface area is 118 Å². The summed E-state index contributed by atoms with van der Waals surface area (Å²) in [5.74, 6) is 0.527. The molecule has 2 aliphatic heterocycles. The van der Waals surface area contributed by atoms with E-state index in [2.05, 4.69) is 0 Å². The summed E-state index contributed by atoms with van der Waals surface area (Å²) in [6.45, 7) is 0. The van der Waals surface area contributed by atoms with E-state index in [1.807, 2.05) is 30.3 Å². The zero-order valence-corrected chi connectivity index (χ0v) is 11.5. The Hall–Kier alpha value is -1.31. The molecule has 5 nitrogen and oxygen atoms in total. The Bertz CT molecular complexity index is 533. The first-order valence-corrected chi connectivity index (χ1v) is 7.65. The van der Waals surface area contributed by atoms with Crippen LogP contribution in [0.1, 0.15) is 11.6 Å². The van der Waals surface area contributed by atoms with E-state index in [0.717, 1.165) is 5.56 Å². The Balaban J connectivity index is 1.95. The molecule has 2 fully saturated rings. The summed E-state index contributed by atoms with van der Waals surface area (Å²) < 4.78 is 1.64. The minimum atomic E-state index is -0.478. The van der Waals surface area contributed by atoms with Gasteiger partial charge in [0.15, 0.2) is 11.0 Å². The van der Waals surface area contributed by atoms with Gasteiger partial charge in [-0.3, -0.25) is 15.0 Å². The van der Waals surface area contributed by atoms with Crippen LogP contribution >= 0.6 is 23.7 Å². The second kappa shape index (κ2) is 4.99. The average molecular weight is 293 g/mol. The van der Waals surface area contributed by atoms with Crippen molar-refractivity contribution in [1.82, 2.24) is 9.42 Å². The molecule has 2 saturated heterocycles. The number of hydrogen-bond acceptors (Lipinski definition) is 6. The lowest BCUT2D eigenvalue weighted by Gasteiger charge is -2.29. The van der Waals surface area contributed by atoms with Crippen LogP contribution in [0.3, 0.4) is 0 Å². The SMILES string of the molecule is N=C1SCC(=O)N1N1SCC(=O)C1c1ccccc1. The van der Waals surface area contributed by atoms with Crippen molar-refractivity contribution in [3.8, 4) is 0 Å². The molecule has 1 aromatic rings. The van der Waals surface area contributed by atoms with Crippen molar-refractivity contribution >= 4 is 40.6 Å². The van der Waals surface area contributed by atoms with E-state index >= 15 is 0 Å². The minimum Gasteiger partial charge on any atom is -0.296 e. The maximum absolute atomic E-state index is 12.1. The van der Waals surface area contributed by atoms with E-state index in [-0.39, 0.29) is 22.6 Å². The molecular formula is C12H11N3O2S2. The molecule has 1 N–H and O–H groups in total. The van der Waals surface area contributed by atoms with Gasteiger partial charge in [-0.05, 0) is 17.5 Å². The molecule has 2 aliphatic rings. The Morgan fingerprint density at radius 2 is 1.89 bits per heavy atom. The number of amidine groups is 1. The predicted octanol–water partition coefficient (Wildman–Crippen LogP) is 1.69. The number of carbonyl (C=O) groups is 2.